The van der Waals surface area contributed by atoms with Crippen LogP contribution in [0.4, 0.5) is 0 Å². The molecule has 0 aliphatic carbocycles. The number of hydrogen-bond donors (Lipinski definition) is 2. The zero-order valence-electron chi connectivity index (χ0n) is 8.34. The van der Waals surface area contributed by atoms with Crippen molar-refractivity contribution in [3.05, 3.63) is 0 Å². The Balaban J connectivity index is 3.01. The van der Waals surface area contributed by atoms with Crippen LogP contribution < -0.4 is 0 Å². The standard InChI is InChI=1S/C10H22S2/c1-10(2,12)8-6-4-3-5-7-9-11/h11-12H,3-9H2,1-2H3. The van der Waals surface area contributed by atoms with Crippen molar-refractivity contribution in [2.45, 2.75) is 57.1 Å². The van der Waals surface area contributed by atoms with E-state index < -0.39 is 0 Å². The van der Waals surface area contributed by atoms with Gasteiger partial charge in [-0.15, -0.1) is 0 Å². The second-order valence-corrected chi connectivity index (χ2v) is 5.71. The molecule has 0 nitrogen and oxygen atoms in total. The highest BCUT2D eigenvalue weighted by molar-refractivity contribution is 7.81. The van der Waals surface area contributed by atoms with Crippen molar-refractivity contribution in [3.8, 4) is 0 Å². The van der Waals surface area contributed by atoms with Crippen LogP contribution in [0.25, 0.3) is 0 Å². The van der Waals surface area contributed by atoms with Gasteiger partial charge in [-0.1, -0.05) is 39.5 Å². The molecule has 0 aromatic heterocycles. The molecule has 0 amide bonds. The molecular formula is C10H22S2. The van der Waals surface area contributed by atoms with Gasteiger partial charge in [-0.05, 0) is 18.6 Å². The van der Waals surface area contributed by atoms with E-state index in [0.717, 1.165) is 5.75 Å². The minimum Gasteiger partial charge on any atom is -0.179 e. The molecule has 0 aromatic rings. The maximum Gasteiger partial charge on any atom is 0.00731 e. The first-order chi connectivity index (χ1) is 5.56. The van der Waals surface area contributed by atoms with E-state index in [1.165, 1.54) is 38.5 Å². The molecule has 0 saturated carbocycles. The van der Waals surface area contributed by atoms with Gasteiger partial charge in [-0.2, -0.15) is 25.3 Å². The number of unbranched alkanes of at least 4 members (excludes halogenated alkanes) is 4. The molecule has 0 aliphatic rings. The summed E-state index contributed by atoms with van der Waals surface area (Å²) in [5.41, 5.74) is 0. The number of thiol groups is 2. The summed E-state index contributed by atoms with van der Waals surface area (Å²) in [5.74, 6) is 1.04. The molecule has 0 atom stereocenters. The van der Waals surface area contributed by atoms with Gasteiger partial charge in [0, 0.05) is 4.75 Å². The zero-order chi connectivity index (χ0) is 9.45. The van der Waals surface area contributed by atoms with Crippen molar-refractivity contribution in [1.29, 1.82) is 0 Å². The van der Waals surface area contributed by atoms with Gasteiger partial charge in [-0.3, -0.25) is 0 Å². The van der Waals surface area contributed by atoms with Crippen LogP contribution in [0.15, 0.2) is 0 Å². The quantitative estimate of drug-likeness (QED) is 0.457. The lowest BCUT2D eigenvalue weighted by molar-refractivity contribution is 0.552. The monoisotopic (exact) mass is 206 g/mol. The third-order valence-corrected chi connectivity index (χ3v) is 2.49. The predicted octanol–water partition coefficient (Wildman–Crippen LogP) is 3.97. The van der Waals surface area contributed by atoms with Crippen molar-refractivity contribution in [2.75, 3.05) is 5.75 Å². The molecule has 0 radical (unpaired) electrons. The van der Waals surface area contributed by atoms with E-state index in [0.29, 0.717) is 0 Å². The van der Waals surface area contributed by atoms with Crippen molar-refractivity contribution in [2.24, 2.45) is 0 Å². The summed E-state index contributed by atoms with van der Waals surface area (Å²) < 4.78 is 0.226. The van der Waals surface area contributed by atoms with Crippen LogP contribution in [0.2, 0.25) is 0 Å². The van der Waals surface area contributed by atoms with Gasteiger partial charge < -0.3 is 0 Å². The molecule has 0 unspecified atom stereocenters. The Kier molecular flexibility index (Phi) is 7.55. The van der Waals surface area contributed by atoms with E-state index in [1.807, 2.05) is 0 Å². The fourth-order valence-corrected chi connectivity index (χ4v) is 1.58. The highest BCUT2D eigenvalue weighted by Gasteiger charge is 2.09. The van der Waals surface area contributed by atoms with Crippen LogP contribution in [0.5, 0.6) is 0 Å². The van der Waals surface area contributed by atoms with Crippen LogP contribution >= 0.6 is 25.3 Å². The fraction of sp³-hybridized carbons (Fsp3) is 1.00. The summed E-state index contributed by atoms with van der Waals surface area (Å²) in [4.78, 5) is 0. The van der Waals surface area contributed by atoms with E-state index in [9.17, 15) is 0 Å². The summed E-state index contributed by atoms with van der Waals surface area (Å²) in [5, 5.41) is 0. The molecule has 74 valence electrons. The maximum absolute atomic E-state index is 4.49. The predicted molar refractivity (Wildman–Crippen MR) is 64.6 cm³/mol. The van der Waals surface area contributed by atoms with Gasteiger partial charge in [0.05, 0.1) is 0 Å². The van der Waals surface area contributed by atoms with E-state index >= 15 is 0 Å². The zero-order valence-corrected chi connectivity index (χ0v) is 10.1. The number of rotatable bonds is 7. The Bertz CT molecular complexity index is 94.5. The molecule has 0 aliphatic heterocycles. The third-order valence-electron chi connectivity index (χ3n) is 1.95. The molecule has 12 heavy (non-hydrogen) atoms. The van der Waals surface area contributed by atoms with Crippen LogP contribution in [0.3, 0.4) is 0 Å². The second-order valence-electron chi connectivity index (χ2n) is 4.05. The van der Waals surface area contributed by atoms with E-state index in [1.54, 1.807) is 0 Å². The third kappa shape index (κ3) is 10.7. The van der Waals surface area contributed by atoms with Gasteiger partial charge in [0.1, 0.15) is 0 Å². The molecule has 0 aromatic carbocycles. The average Bonchev–Trinajstić information content (AvgIpc) is 1.94. The Morgan fingerprint density at radius 1 is 0.917 bits per heavy atom. The first kappa shape index (κ1) is 12.7. The molecule has 0 saturated heterocycles. The van der Waals surface area contributed by atoms with E-state index in [4.69, 9.17) is 0 Å². The van der Waals surface area contributed by atoms with Crippen LogP contribution in [0, 0.1) is 0 Å². The minimum atomic E-state index is 0.226. The summed E-state index contributed by atoms with van der Waals surface area (Å²) in [6.45, 7) is 4.37. The SMILES string of the molecule is CC(C)(S)CCCCCCCS. The van der Waals surface area contributed by atoms with Crippen molar-refractivity contribution < 1.29 is 0 Å². The molecule has 0 fully saturated rings. The lowest BCUT2D eigenvalue weighted by atomic mass is 10.0. The molecule has 0 spiro atoms. The Morgan fingerprint density at radius 2 is 1.42 bits per heavy atom. The summed E-state index contributed by atoms with van der Waals surface area (Å²) >= 11 is 8.67. The Morgan fingerprint density at radius 3 is 1.92 bits per heavy atom. The van der Waals surface area contributed by atoms with Gasteiger partial charge in [-0.25, -0.2) is 0 Å². The van der Waals surface area contributed by atoms with Crippen LogP contribution in [-0.4, -0.2) is 10.5 Å². The smallest absolute Gasteiger partial charge is 0.00731 e. The Hall–Kier alpha value is 0.700. The summed E-state index contributed by atoms with van der Waals surface area (Å²) in [6.07, 6.45) is 7.89. The fourth-order valence-electron chi connectivity index (χ4n) is 1.20. The molecule has 0 bridgehead atoms. The van der Waals surface area contributed by atoms with Gasteiger partial charge in [0.2, 0.25) is 0 Å². The van der Waals surface area contributed by atoms with Crippen LogP contribution in [-0.2, 0) is 0 Å². The van der Waals surface area contributed by atoms with Crippen molar-refractivity contribution >= 4 is 25.3 Å². The van der Waals surface area contributed by atoms with Crippen LogP contribution in [0.1, 0.15) is 52.4 Å². The normalized spacial score (nSPS) is 12.0. The van der Waals surface area contributed by atoms with Gasteiger partial charge >= 0.3 is 0 Å². The van der Waals surface area contributed by atoms with E-state index in [2.05, 4.69) is 39.1 Å². The largest absolute Gasteiger partial charge is 0.179 e. The lowest BCUT2D eigenvalue weighted by Crippen LogP contribution is -2.09. The summed E-state index contributed by atoms with van der Waals surface area (Å²) in [7, 11) is 0. The first-order valence-corrected chi connectivity index (χ1v) is 5.97. The van der Waals surface area contributed by atoms with E-state index in [-0.39, 0.29) is 4.75 Å². The minimum absolute atomic E-state index is 0.226. The van der Waals surface area contributed by atoms with Crippen molar-refractivity contribution in [3.63, 3.8) is 0 Å². The molecule has 2 heteroatoms. The summed E-state index contributed by atoms with van der Waals surface area (Å²) in [6, 6.07) is 0. The lowest BCUT2D eigenvalue weighted by Gasteiger charge is -2.16. The second kappa shape index (κ2) is 7.14. The first-order valence-electron chi connectivity index (χ1n) is 4.89. The van der Waals surface area contributed by atoms with Gasteiger partial charge in [0.15, 0.2) is 0 Å². The highest BCUT2D eigenvalue weighted by Crippen LogP contribution is 2.20. The molecular weight excluding hydrogens is 184 g/mol. The maximum atomic E-state index is 4.49. The topological polar surface area (TPSA) is 0 Å². The van der Waals surface area contributed by atoms with Gasteiger partial charge in [0.25, 0.3) is 0 Å². The molecule has 0 N–H and O–H groups in total. The number of hydrogen-bond acceptors (Lipinski definition) is 2. The van der Waals surface area contributed by atoms with Crippen molar-refractivity contribution in [1.82, 2.24) is 0 Å². The highest BCUT2D eigenvalue weighted by atomic mass is 32.1. The Labute approximate surface area is 88.3 Å². The molecule has 0 heterocycles. The average molecular weight is 206 g/mol. The molecule has 0 rings (SSSR count).